The van der Waals surface area contributed by atoms with Crippen molar-refractivity contribution in [2.75, 3.05) is 19.0 Å². The molecule has 0 aliphatic carbocycles. The molecule has 0 aromatic carbocycles. The third-order valence-corrected chi connectivity index (χ3v) is 2.89. The summed E-state index contributed by atoms with van der Waals surface area (Å²) in [5.74, 6) is 0.289. The van der Waals surface area contributed by atoms with Crippen molar-refractivity contribution in [1.82, 2.24) is 4.98 Å². The molecule has 0 aliphatic heterocycles. The molecule has 1 rings (SSSR count). The van der Waals surface area contributed by atoms with Gasteiger partial charge in [0.1, 0.15) is 5.03 Å². The normalized spacial score (nSPS) is 10.8. The summed E-state index contributed by atoms with van der Waals surface area (Å²) < 4.78 is 5.42. The van der Waals surface area contributed by atoms with Crippen LogP contribution in [0, 0.1) is 5.92 Å². The fourth-order valence-electron chi connectivity index (χ4n) is 1.18. The van der Waals surface area contributed by atoms with E-state index in [1.54, 1.807) is 18.3 Å². The van der Waals surface area contributed by atoms with Crippen LogP contribution >= 0.6 is 11.8 Å². The Morgan fingerprint density at radius 2 is 2.35 bits per heavy atom. The predicted octanol–water partition coefficient (Wildman–Crippen LogP) is 2.54. The van der Waals surface area contributed by atoms with E-state index < -0.39 is 5.97 Å². The Labute approximate surface area is 105 Å². The number of aromatic carboxylic acids is 1. The van der Waals surface area contributed by atoms with E-state index in [0.717, 1.165) is 6.61 Å². The number of aromatic nitrogens is 1. The monoisotopic (exact) mass is 255 g/mol. The summed E-state index contributed by atoms with van der Waals surface area (Å²) in [7, 11) is 0. The van der Waals surface area contributed by atoms with E-state index in [9.17, 15) is 4.79 Å². The summed E-state index contributed by atoms with van der Waals surface area (Å²) in [6.07, 6.45) is 1.60. The van der Waals surface area contributed by atoms with E-state index in [0.29, 0.717) is 23.3 Å². The van der Waals surface area contributed by atoms with Gasteiger partial charge in [0.05, 0.1) is 12.2 Å². The average molecular weight is 255 g/mol. The summed E-state index contributed by atoms with van der Waals surface area (Å²) in [6.45, 7) is 5.52. The van der Waals surface area contributed by atoms with Crippen LogP contribution in [0.3, 0.4) is 0 Å². The van der Waals surface area contributed by atoms with Gasteiger partial charge in [-0.25, -0.2) is 9.78 Å². The van der Waals surface area contributed by atoms with Crippen LogP contribution in [-0.2, 0) is 4.74 Å². The maximum atomic E-state index is 10.9. The van der Waals surface area contributed by atoms with Crippen molar-refractivity contribution in [2.45, 2.75) is 18.9 Å². The molecule has 1 heterocycles. The highest BCUT2D eigenvalue weighted by atomic mass is 32.2. The van der Waals surface area contributed by atoms with Gasteiger partial charge in [-0.15, -0.1) is 11.8 Å². The maximum Gasteiger partial charge on any atom is 0.338 e. The van der Waals surface area contributed by atoms with Gasteiger partial charge < -0.3 is 9.84 Å². The van der Waals surface area contributed by atoms with Crippen molar-refractivity contribution in [3.63, 3.8) is 0 Å². The van der Waals surface area contributed by atoms with Crippen LogP contribution in [0.25, 0.3) is 0 Å². The zero-order chi connectivity index (χ0) is 12.7. The third kappa shape index (κ3) is 5.19. The third-order valence-electron chi connectivity index (χ3n) is 1.92. The maximum absolute atomic E-state index is 10.9. The van der Waals surface area contributed by atoms with Crippen LogP contribution in [0.15, 0.2) is 23.4 Å². The number of nitrogens with zero attached hydrogens (tertiary/aromatic N) is 1. The Balaban J connectivity index is 2.39. The van der Waals surface area contributed by atoms with E-state index in [1.165, 1.54) is 11.8 Å². The summed E-state index contributed by atoms with van der Waals surface area (Å²) in [4.78, 5) is 15.0. The van der Waals surface area contributed by atoms with Gasteiger partial charge in [0.15, 0.2) is 0 Å². The van der Waals surface area contributed by atoms with E-state index in [-0.39, 0.29) is 5.56 Å². The Morgan fingerprint density at radius 1 is 1.59 bits per heavy atom. The quantitative estimate of drug-likeness (QED) is 0.599. The Morgan fingerprint density at radius 3 is 3.00 bits per heavy atom. The molecule has 0 spiro atoms. The Hall–Kier alpha value is -1.07. The first-order valence-electron chi connectivity index (χ1n) is 5.50. The van der Waals surface area contributed by atoms with Crippen LogP contribution < -0.4 is 0 Å². The van der Waals surface area contributed by atoms with Gasteiger partial charge in [-0.3, -0.25) is 0 Å². The highest BCUT2D eigenvalue weighted by Crippen LogP contribution is 2.19. The van der Waals surface area contributed by atoms with Gasteiger partial charge in [0.25, 0.3) is 0 Å². The van der Waals surface area contributed by atoms with Gasteiger partial charge >= 0.3 is 5.97 Å². The molecule has 0 bridgehead atoms. The highest BCUT2D eigenvalue weighted by Gasteiger charge is 2.10. The SMILES string of the molecule is CC(C)COCCSc1ncccc1C(=O)O. The molecule has 0 unspecified atom stereocenters. The number of thioether (sulfide) groups is 1. The first kappa shape index (κ1) is 14.0. The van der Waals surface area contributed by atoms with E-state index in [2.05, 4.69) is 18.8 Å². The van der Waals surface area contributed by atoms with Crippen molar-refractivity contribution >= 4 is 17.7 Å². The summed E-state index contributed by atoms with van der Waals surface area (Å²) >= 11 is 1.41. The fraction of sp³-hybridized carbons (Fsp3) is 0.500. The molecule has 0 atom stereocenters. The lowest BCUT2D eigenvalue weighted by atomic mass is 10.2. The van der Waals surface area contributed by atoms with Gasteiger partial charge in [-0.2, -0.15) is 0 Å². The molecule has 1 N–H and O–H groups in total. The van der Waals surface area contributed by atoms with E-state index in [1.807, 2.05) is 0 Å². The number of hydrogen-bond acceptors (Lipinski definition) is 4. The molecule has 5 heteroatoms. The molecule has 0 saturated carbocycles. The number of carboxylic acids is 1. The summed E-state index contributed by atoms with van der Waals surface area (Å²) in [6, 6.07) is 3.19. The molecule has 4 nitrogen and oxygen atoms in total. The predicted molar refractivity (Wildman–Crippen MR) is 67.6 cm³/mol. The van der Waals surface area contributed by atoms with Crippen molar-refractivity contribution in [2.24, 2.45) is 5.92 Å². The topological polar surface area (TPSA) is 59.4 Å². The molecule has 0 aliphatic rings. The van der Waals surface area contributed by atoms with Crippen molar-refractivity contribution in [3.8, 4) is 0 Å². The molecule has 1 aromatic rings. The Kier molecular flexibility index (Phi) is 6.00. The lowest BCUT2D eigenvalue weighted by Gasteiger charge is -2.07. The highest BCUT2D eigenvalue weighted by molar-refractivity contribution is 7.99. The second-order valence-corrected chi connectivity index (χ2v) is 5.06. The Bertz CT molecular complexity index is 369. The molecule has 0 amide bonds. The van der Waals surface area contributed by atoms with Crippen LogP contribution in [-0.4, -0.2) is 35.0 Å². The van der Waals surface area contributed by atoms with Crippen LogP contribution in [0.5, 0.6) is 0 Å². The van der Waals surface area contributed by atoms with E-state index >= 15 is 0 Å². The molecule has 1 aromatic heterocycles. The zero-order valence-corrected chi connectivity index (χ0v) is 10.9. The standard InChI is InChI=1S/C12H17NO3S/c1-9(2)8-16-6-7-17-11-10(12(14)15)4-3-5-13-11/h3-5,9H,6-8H2,1-2H3,(H,14,15). The second-order valence-electron chi connectivity index (χ2n) is 3.98. The van der Waals surface area contributed by atoms with Gasteiger partial charge in [0.2, 0.25) is 0 Å². The lowest BCUT2D eigenvalue weighted by molar-refractivity contribution is 0.0692. The number of hydrogen-bond donors (Lipinski definition) is 1. The minimum atomic E-state index is -0.941. The summed E-state index contributed by atoms with van der Waals surface area (Å²) in [5.41, 5.74) is 0.251. The van der Waals surface area contributed by atoms with Crippen molar-refractivity contribution in [3.05, 3.63) is 23.9 Å². The number of pyridine rings is 1. The second kappa shape index (κ2) is 7.29. The molecule has 0 saturated heterocycles. The van der Waals surface area contributed by atoms with E-state index in [4.69, 9.17) is 9.84 Å². The molecule has 17 heavy (non-hydrogen) atoms. The van der Waals surface area contributed by atoms with Crippen LogP contribution in [0.1, 0.15) is 24.2 Å². The van der Waals surface area contributed by atoms with Crippen LogP contribution in [0.4, 0.5) is 0 Å². The van der Waals surface area contributed by atoms with Crippen LogP contribution in [0.2, 0.25) is 0 Å². The molecular formula is C12H17NO3S. The molecule has 0 radical (unpaired) electrons. The number of rotatable bonds is 7. The molecular weight excluding hydrogens is 238 g/mol. The number of carboxylic acid groups (broad SMARTS) is 1. The summed E-state index contributed by atoms with van der Waals surface area (Å²) in [5, 5.41) is 9.51. The molecule has 94 valence electrons. The smallest absolute Gasteiger partial charge is 0.338 e. The molecule has 0 fully saturated rings. The lowest BCUT2D eigenvalue weighted by Crippen LogP contribution is -2.06. The zero-order valence-electron chi connectivity index (χ0n) is 10.0. The van der Waals surface area contributed by atoms with Crippen molar-refractivity contribution < 1.29 is 14.6 Å². The fourth-order valence-corrected chi connectivity index (χ4v) is 2.03. The average Bonchev–Trinajstić information content (AvgIpc) is 2.28. The first-order valence-corrected chi connectivity index (χ1v) is 6.48. The van der Waals surface area contributed by atoms with Crippen molar-refractivity contribution in [1.29, 1.82) is 0 Å². The minimum Gasteiger partial charge on any atom is -0.478 e. The number of carbonyl (C=O) groups is 1. The van der Waals surface area contributed by atoms with Gasteiger partial charge in [-0.05, 0) is 18.1 Å². The first-order chi connectivity index (χ1) is 8.11. The van der Waals surface area contributed by atoms with Gasteiger partial charge in [-0.1, -0.05) is 13.8 Å². The number of ether oxygens (including phenoxy) is 1. The minimum absolute atomic E-state index is 0.251. The largest absolute Gasteiger partial charge is 0.478 e. The van der Waals surface area contributed by atoms with Gasteiger partial charge in [0, 0.05) is 18.6 Å².